The van der Waals surface area contributed by atoms with Crippen molar-refractivity contribution in [1.82, 2.24) is 4.98 Å². The Balaban J connectivity index is 2.01. The summed E-state index contributed by atoms with van der Waals surface area (Å²) < 4.78 is 28.5. The van der Waals surface area contributed by atoms with Crippen LogP contribution in [0.1, 0.15) is 10.4 Å². The zero-order valence-corrected chi connectivity index (χ0v) is 11.1. The van der Waals surface area contributed by atoms with Gasteiger partial charge < -0.3 is 15.2 Å². The van der Waals surface area contributed by atoms with Crippen LogP contribution in [0, 0.1) is 0 Å². The predicted molar refractivity (Wildman–Crippen MR) is 74.0 cm³/mol. The van der Waals surface area contributed by atoms with Crippen LogP contribution in [0.5, 0.6) is 0 Å². The summed E-state index contributed by atoms with van der Waals surface area (Å²) in [6, 6.07) is 8.14. The minimum atomic E-state index is -2.47. The van der Waals surface area contributed by atoms with Crippen molar-refractivity contribution in [2.45, 2.75) is 6.43 Å². The van der Waals surface area contributed by atoms with Crippen molar-refractivity contribution in [2.24, 2.45) is 0 Å². The van der Waals surface area contributed by atoms with E-state index in [9.17, 15) is 13.6 Å². The highest BCUT2D eigenvalue weighted by Crippen LogP contribution is 2.19. The second kappa shape index (κ2) is 6.94. The maximum atomic E-state index is 11.9. The number of carboxylic acids is 1. The molecule has 0 atom stereocenters. The third-order valence-corrected chi connectivity index (χ3v) is 2.76. The number of alkyl halides is 2. The Hall–Kier alpha value is -2.28. The number of halogens is 2. The van der Waals surface area contributed by atoms with Crippen molar-refractivity contribution >= 4 is 22.7 Å². The van der Waals surface area contributed by atoms with Gasteiger partial charge in [-0.25, -0.2) is 18.6 Å². The van der Waals surface area contributed by atoms with Gasteiger partial charge in [-0.2, -0.15) is 0 Å². The van der Waals surface area contributed by atoms with Crippen LogP contribution < -0.4 is 5.32 Å². The van der Waals surface area contributed by atoms with Crippen molar-refractivity contribution < 1.29 is 23.4 Å². The molecular formula is C14H14F2N2O3. The lowest BCUT2D eigenvalue weighted by molar-refractivity contribution is 0.0215. The molecule has 0 aliphatic rings. The van der Waals surface area contributed by atoms with E-state index in [4.69, 9.17) is 9.84 Å². The van der Waals surface area contributed by atoms with Crippen molar-refractivity contribution in [1.29, 1.82) is 0 Å². The third kappa shape index (κ3) is 4.09. The van der Waals surface area contributed by atoms with Gasteiger partial charge in [0.25, 0.3) is 6.43 Å². The zero-order chi connectivity index (χ0) is 15.2. The van der Waals surface area contributed by atoms with Crippen LogP contribution in [0.2, 0.25) is 0 Å². The Labute approximate surface area is 119 Å². The van der Waals surface area contributed by atoms with Crippen molar-refractivity contribution in [3.8, 4) is 0 Å². The first kappa shape index (κ1) is 15.1. The summed E-state index contributed by atoms with van der Waals surface area (Å²) in [6.07, 6.45) is -2.47. The molecule has 0 unspecified atom stereocenters. The minimum absolute atomic E-state index is 0.138. The van der Waals surface area contributed by atoms with Crippen molar-refractivity contribution in [3.05, 3.63) is 35.9 Å². The molecule has 5 nitrogen and oxygen atoms in total. The Morgan fingerprint density at radius 1 is 1.33 bits per heavy atom. The van der Waals surface area contributed by atoms with E-state index in [1.807, 2.05) is 0 Å². The fourth-order valence-electron chi connectivity index (χ4n) is 1.86. The Bertz CT molecular complexity index is 635. The van der Waals surface area contributed by atoms with Crippen LogP contribution in [0.4, 0.5) is 14.6 Å². The molecule has 0 aliphatic carbocycles. The normalized spacial score (nSPS) is 11.0. The topological polar surface area (TPSA) is 71.5 Å². The maximum absolute atomic E-state index is 11.9. The first-order chi connectivity index (χ1) is 10.1. The standard InChI is InChI=1S/C14H14F2N2O3/c15-12(16)8-21-7-6-17-13-5-4-9-10(14(19)20)2-1-3-11(9)18-13/h1-5,12H,6-8H2,(H,17,18)(H,19,20). The molecule has 0 saturated carbocycles. The summed E-state index contributed by atoms with van der Waals surface area (Å²) in [4.78, 5) is 15.4. The Kier molecular flexibility index (Phi) is 4.99. The summed E-state index contributed by atoms with van der Waals surface area (Å²) in [5.41, 5.74) is 0.736. The highest BCUT2D eigenvalue weighted by molar-refractivity contribution is 6.02. The van der Waals surface area contributed by atoms with Gasteiger partial charge >= 0.3 is 5.97 Å². The third-order valence-electron chi connectivity index (χ3n) is 2.76. The minimum Gasteiger partial charge on any atom is -0.478 e. The molecule has 0 amide bonds. The highest BCUT2D eigenvalue weighted by Gasteiger charge is 2.09. The number of fused-ring (bicyclic) bond motifs is 1. The van der Waals surface area contributed by atoms with E-state index < -0.39 is 19.0 Å². The Morgan fingerprint density at radius 3 is 2.86 bits per heavy atom. The molecule has 1 aromatic heterocycles. The molecule has 0 aliphatic heterocycles. The smallest absolute Gasteiger partial charge is 0.336 e. The zero-order valence-electron chi connectivity index (χ0n) is 11.1. The van der Waals surface area contributed by atoms with Crippen LogP contribution in [0.15, 0.2) is 30.3 Å². The second-order valence-corrected chi connectivity index (χ2v) is 4.27. The fraction of sp³-hybridized carbons (Fsp3) is 0.286. The number of nitrogens with zero attached hydrogens (tertiary/aromatic N) is 1. The number of nitrogens with one attached hydrogen (secondary N) is 1. The quantitative estimate of drug-likeness (QED) is 0.769. The Morgan fingerprint density at radius 2 is 2.14 bits per heavy atom. The molecule has 2 rings (SSSR count). The average Bonchev–Trinajstić information content (AvgIpc) is 2.45. The monoisotopic (exact) mass is 296 g/mol. The van der Waals surface area contributed by atoms with Gasteiger partial charge in [-0.3, -0.25) is 0 Å². The lowest BCUT2D eigenvalue weighted by atomic mass is 10.1. The van der Waals surface area contributed by atoms with E-state index in [0.29, 0.717) is 23.3 Å². The van der Waals surface area contributed by atoms with Crippen LogP contribution in [0.25, 0.3) is 10.9 Å². The van der Waals surface area contributed by atoms with E-state index in [-0.39, 0.29) is 12.2 Å². The van der Waals surface area contributed by atoms with E-state index in [2.05, 4.69) is 10.3 Å². The van der Waals surface area contributed by atoms with Gasteiger partial charge in [-0.05, 0) is 24.3 Å². The molecule has 112 valence electrons. The first-order valence-corrected chi connectivity index (χ1v) is 6.31. The molecule has 0 spiro atoms. The van der Waals surface area contributed by atoms with Crippen LogP contribution in [0.3, 0.4) is 0 Å². The van der Waals surface area contributed by atoms with Crippen LogP contribution >= 0.6 is 0 Å². The number of anilines is 1. The van der Waals surface area contributed by atoms with Gasteiger partial charge in [-0.1, -0.05) is 6.07 Å². The number of rotatable bonds is 7. The number of hydrogen-bond acceptors (Lipinski definition) is 4. The fourth-order valence-corrected chi connectivity index (χ4v) is 1.86. The summed E-state index contributed by atoms with van der Waals surface area (Å²) in [7, 11) is 0. The number of pyridine rings is 1. The van der Waals surface area contributed by atoms with E-state index in [1.54, 1.807) is 24.3 Å². The molecule has 2 aromatic rings. The largest absolute Gasteiger partial charge is 0.478 e. The summed E-state index contributed by atoms with van der Waals surface area (Å²) in [5, 5.41) is 12.6. The summed E-state index contributed by atoms with van der Waals surface area (Å²) >= 11 is 0. The molecular weight excluding hydrogens is 282 g/mol. The second-order valence-electron chi connectivity index (χ2n) is 4.27. The lowest BCUT2D eigenvalue weighted by Crippen LogP contribution is -2.13. The predicted octanol–water partition coefficient (Wildman–Crippen LogP) is 2.63. The van der Waals surface area contributed by atoms with Gasteiger partial charge in [-0.15, -0.1) is 0 Å². The highest BCUT2D eigenvalue weighted by atomic mass is 19.3. The van der Waals surface area contributed by atoms with Gasteiger partial charge in [0, 0.05) is 11.9 Å². The number of benzene rings is 1. The van der Waals surface area contributed by atoms with Gasteiger partial charge in [0.15, 0.2) is 0 Å². The number of aromatic nitrogens is 1. The SMILES string of the molecule is O=C(O)c1cccc2nc(NCCOCC(F)F)ccc12. The van der Waals surface area contributed by atoms with Gasteiger partial charge in [0.2, 0.25) is 0 Å². The average molecular weight is 296 g/mol. The first-order valence-electron chi connectivity index (χ1n) is 6.31. The van der Waals surface area contributed by atoms with Gasteiger partial charge in [0.1, 0.15) is 12.4 Å². The lowest BCUT2D eigenvalue weighted by Gasteiger charge is -2.08. The molecule has 0 radical (unpaired) electrons. The van der Waals surface area contributed by atoms with Crippen molar-refractivity contribution in [2.75, 3.05) is 25.1 Å². The van der Waals surface area contributed by atoms with Gasteiger partial charge in [0.05, 0.1) is 17.7 Å². The van der Waals surface area contributed by atoms with E-state index in [1.165, 1.54) is 6.07 Å². The number of carbonyl (C=O) groups is 1. The number of ether oxygens (including phenoxy) is 1. The van der Waals surface area contributed by atoms with Crippen LogP contribution in [-0.2, 0) is 4.74 Å². The van der Waals surface area contributed by atoms with E-state index >= 15 is 0 Å². The molecule has 1 aromatic carbocycles. The van der Waals surface area contributed by atoms with Crippen molar-refractivity contribution in [3.63, 3.8) is 0 Å². The molecule has 1 heterocycles. The number of carboxylic acid groups (broad SMARTS) is 1. The molecule has 7 heteroatoms. The maximum Gasteiger partial charge on any atom is 0.336 e. The van der Waals surface area contributed by atoms with Crippen LogP contribution in [-0.4, -0.2) is 42.2 Å². The molecule has 0 saturated heterocycles. The van der Waals surface area contributed by atoms with E-state index in [0.717, 1.165) is 0 Å². The molecule has 0 bridgehead atoms. The summed E-state index contributed by atoms with van der Waals surface area (Å²) in [6.45, 7) is -0.113. The number of hydrogen-bond donors (Lipinski definition) is 2. The molecule has 21 heavy (non-hydrogen) atoms. The molecule has 0 fully saturated rings. The number of aromatic carboxylic acids is 1. The summed E-state index contributed by atoms with van der Waals surface area (Å²) in [5.74, 6) is -0.478. The molecule has 2 N–H and O–H groups in total.